The van der Waals surface area contributed by atoms with E-state index in [0.29, 0.717) is 22.4 Å². The minimum atomic E-state index is -0.337. The van der Waals surface area contributed by atoms with Gasteiger partial charge in [-0.1, -0.05) is 15.9 Å². The lowest BCUT2D eigenvalue weighted by atomic mass is 10.2. The summed E-state index contributed by atoms with van der Waals surface area (Å²) in [5.74, 6) is 0.229. The highest BCUT2D eigenvalue weighted by molar-refractivity contribution is 9.10. The molecule has 0 saturated heterocycles. The van der Waals surface area contributed by atoms with Gasteiger partial charge in [-0.3, -0.25) is 9.36 Å². The summed E-state index contributed by atoms with van der Waals surface area (Å²) in [5, 5.41) is 0.522. The largest absolute Gasteiger partial charge is 0.268 e. The molecule has 0 aliphatic heterocycles. The van der Waals surface area contributed by atoms with Crippen molar-refractivity contribution >= 4 is 26.8 Å². The van der Waals surface area contributed by atoms with Gasteiger partial charge in [0.1, 0.15) is 11.6 Å². The van der Waals surface area contributed by atoms with Gasteiger partial charge < -0.3 is 0 Å². The molecule has 0 unspecified atom stereocenters. The van der Waals surface area contributed by atoms with Gasteiger partial charge in [0.05, 0.1) is 16.6 Å². The smallest absolute Gasteiger partial charge is 0.265 e. The summed E-state index contributed by atoms with van der Waals surface area (Å²) in [7, 11) is 0. The molecule has 0 aliphatic rings. The molecule has 0 atom stereocenters. The molecule has 2 aromatic carbocycles. The second-order valence-electron chi connectivity index (χ2n) is 4.44. The van der Waals surface area contributed by atoms with E-state index in [1.165, 1.54) is 16.7 Å². The Labute approximate surface area is 122 Å². The molecule has 0 radical (unpaired) electrons. The lowest BCUT2D eigenvalue weighted by Crippen LogP contribution is -2.22. The van der Waals surface area contributed by atoms with Crippen molar-refractivity contribution in [1.29, 1.82) is 0 Å². The van der Waals surface area contributed by atoms with Crippen molar-refractivity contribution in [2.75, 3.05) is 0 Å². The number of aromatic nitrogens is 2. The summed E-state index contributed by atoms with van der Waals surface area (Å²) in [4.78, 5) is 17.0. The van der Waals surface area contributed by atoms with E-state index < -0.39 is 0 Å². The van der Waals surface area contributed by atoms with Gasteiger partial charge in [0.25, 0.3) is 5.56 Å². The molecule has 0 spiro atoms. The fourth-order valence-corrected chi connectivity index (χ4v) is 2.52. The number of halogens is 2. The molecule has 0 saturated carbocycles. The van der Waals surface area contributed by atoms with E-state index in [1.807, 2.05) is 6.07 Å². The SMILES string of the molecule is Cc1nc2ccc(Br)cc2c(=O)n1-c1ccc(F)cc1. The maximum atomic E-state index is 13.0. The Morgan fingerprint density at radius 1 is 1.15 bits per heavy atom. The number of aryl methyl sites for hydroxylation is 1. The van der Waals surface area contributed by atoms with Crippen LogP contribution in [0.3, 0.4) is 0 Å². The summed E-state index contributed by atoms with van der Waals surface area (Å²) in [5.41, 5.74) is 1.08. The third kappa shape index (κ3) is 2.14. The third-order valence-corrected chi connectivity index (χ3v) is 3.58. The molecule has 0 fully saturated rings. The molecule has 3 nitrogen and oxygen atoms in total. The highest BCUT2D eigenvalue weighted by atomic mass is 79.9. The number of rotatable bonds is 1. The third-order valence-electron chi connectivity index (χ3n) is 3.08. The zero-order valence-corrected chi connectivity index (χ0v) is 12.2. The van der Waals surface area contributed by atoms with Gasteiger partial charge in [-0.2, -0.15) is 0 Å². The van der Waals surface area contributed by atoms with Crippen LogP contribution in [0.2, 0.25) is 0 Å². The topological polar surface area (TPSA) is 34.9 Å². The summed E-state index contributed by atoms with van der Waals surface area (Å²) in [6.45, 7) is 1.76. The van der Waals surface area contributed by atoms with E-state index in [2.05, 4.69) is 20.9 Å². The van der Waals surface area contributed by atoms with E-state index in [-0.39, 0.29) is 11.4 Å². The maximum absolute atomic E-state index is 13.0. The Bertz CT molecular complexity index is 856. The van der Waals surface area contributed by atoms with Crippen LogP contribution in [-0.4, -0.2) is 9.55 Å². The van der Waals surface area contributed by atoms with Crippen LogP contribution < -0.4 is 5.56 Å². The van der Waals surface area contributed by atoms with Gasteiger partial charge in [-0.05, 0) is 49.4 Å². The van der Waals surface area contributed by atoms with Crippen molar-refractivity contribution in [1.82, 2.24) is 9.55 Å². The fraction of sp³-hybridized carbons (Fsp3) is 0.0667. The van der Waals surface area contributed by atoms with Crippen LogP contribution in [0.1, 0.15) is 5.82 Å². The van der Waals surface area contributed by atoms with E-state index in [1.54, 1.807) is 31.2 Å². The first kappa shape index (κ1) is 13.0. The van der Waals surface area contributed by atoms with Crippen molar-refractivity contribution in [3.05, 3.63) is 68.9 Å². The number of nitrogens with zero attached hydrogens (tertiary/aromatic N) is 2. The van der Waals surface area contributed by atoms with Gasteiger partial charge >= 0.3 is 0 Å². The molecular formula is C15H10BrFN2O. The molecule has 0 N–H and O–H groups in total. The van der Waals surface area contributed by atoms with Crippen LogP contribution in [0.5, 0.6) is 0 Å². The van der Waals surface area contributed by atoms with Crippen LogP contribution in [-0.2, 0) is 0 Å². The molecule has 1 heterocycles. The second-order valence-corrected chi connectivity index (χ2v) is 5.35. The minimum Gasteiger partial charge on any atom is -0.268 e. The first-order valence-electron chi connectivity index (χ1n) is 6.01. The predicted molar refractivity (Wildman–Crippen MR) is 79.7 cm³/mol. The predicted octanol–water partition coefficient (Wildman–Crippen LogP) is 3.60. The van der Waals surface area contributed by atoms with Gasteiger partial charge in [-0.15, -0.1) is 0 Å². The first-order chi connectivity index (χ1) is 9.56. The van der Waals surface area contributed by atoms with Gasteiger partial charge in [0.2, 0.25) is 0 Å². The van der Waals surface area contributed by atoms with Crippen molar-refractivity contribution in [2.24, 2.45) is 0 Å². The van der Waals surface area contributed by atoms with Crippen LogP contribution in [0.25, 0.3) is 16.6 Å². The van der Waals surface area contributed by atoms with Crippen molar-refractivity contribution in [3.63, 3.8) is 0 Å². The lowest BCUT2D eigenvalue weighted by molar-refractivity contribution is 0.627. The van der Waals surface area contributed by atoms with E-state index in [9.17, 15) is 9.18 Å². The molecule has 0 aliphatic carbocycles. The highest BCUT2D eigenvalue weighted by Crippen LogP contribution is 2.17. The average molecular weight is 333 g/mol. The van der Waals surface area contributed by atoms with E-state index in [0.717, 1.165) is 4.47 Å². The summed E-state index contributed by atoms with van der Waals surface area (Å²) in [6.07, 6.45) is 0. The lowest BCUT2D eigenvalue weighted by Gasteiger charge is -2.10. The minimum absolute atomic E-state index is 0.166. The highest BCUT2D eigenvalue weighted by Gasteiger charge is 2.10. The van der Waals surface area contributed by atoms with Crippen LogP contribution in [0.4, 0.5) is 4.39 Å². The zero-order valence-electron chi connectivity index (χ0n) is 10.6. The Morgan fingerprint density at radius 2 is 1.85 bits per heavy atom. The quantitative estimate of drug-likeness (QED) is 0.682. The van der Waals surface area contributed by atoms with Gasteiger partial charge in [0, 0.05) is 4.47 Å². The van der Waals surface area contributed by atoms with Crippen LogP contribution >= 0.6 is 15.9 Å². The molecule has 100 valence electrons. The van der Waals surface area contributed by atoms with Crippen LogP contribution in [0, 0.1) is 12.7 Å². The number of hydrogen-bond acceptors (Lipinski definition) is 2. The fourth-order valence-electron chi connectivity index (χ4n) is 2.16. The van der Waals surface area contributed by atoms with Gasteiger partial charge in [-0.25, -0.2) is 9.37 Å². The van der Waals surface area contributed by atoms with Crippen molar-refractivity contribution < 1.29 is 4.39 Å². The Kier molecular flexibility index (Phi) is 3.14. The average Bonchev–Trinajstić information content (AvgIpc) is 2.42. The summed E-state index contributed by atoms with van der Waals surface area (Å²) < 4.78 is 15.3. The maximum Gasteiger partial charge on any atom is 0.265 e. The molecule has 0 amide bonds. The number of benzene rings is 2. The van der Waals surface area contributed by atoms with Crippen molar-refractivity contribution in [2.45, 2.75) is 6.92 Å². The number of hydrogen-bond donors (Lipinski definition) is 0. The summed E-state index contributed by atoms with van der Waals surface area (Å²) >= 11 is 3.35. The monoisotopic (exact) mass is 332 g/mol. The van der Waals surface area contributed by atoms with E-state index in [4.69, 9.17) is 0 Å². The van der Waals surface area contributed by atoms with E-state index >= 15 is 0 Å². The standard InChI is InChI=1S/C15H10BrFN2O/c1-9-18-14-7-2-10(16)8-13(14)15(20)19(9)12-5-3-11(17)4-6-12/h2-8H,1H3. The molecule has 1 aromatic heterocycles. The molecule has 3 rings (SSSR count). The summed E-state index contributed by atoms with van der Waals surface area (Å²) in [6, 6.07) is 11.2. The first-order valence-corrected chi connectivity index (χ1v) is 6.80. The molecule has 0 bridgehead atoms. The molecule has 5 heteroatoms. The van der Waals surface area contributed by atoms with Crippen molar-refractivity contribution in [3.8, 4) is 5.69 Å². The van der Waals surface area contributed by atoms with Crippen LogP contribution in [0.15, 0.2) is 51.7 Å². The second kappa shape index (κ2) is 4.83. The Morgan fingerprint density at radius 3 is 2.55 bits per heavy atom. The zero-order chi connectivity index (χ0) is 14.3. The molecular weight excluding hydrogens is 323 g/mol. The van der Waals surface area contributed by atoms with Gasteiger partial charge in [0.15, 0.2) is 0 Å². The molecule has 3 aromatic rings. The Hall–Kier alpha value is -2.01. The normalized spacial score (nSPS) is 10.9. The number of fused-ring (bicyclic) bond motifs is 1. The Balaban J connectivity index is 2.36. The molecule has 20 heavy (non-hydrogen) atoms.